The van der Waals surface area contributed by atoms with Crippen LogP contribution in [-0.2, 0) is 15.6 Å². The zero-order valence-electron chi connectivity index (χ0n) is 12.6. The molecular weight excluding hydrogens is 318 g/mol. The van der Waals surface area contributed by atoms with Crippen LogP contribution in [0.3, 0.4) is 0 Å². The molecule has 3 aromatic rings. The van der Waals surface area contributed by atoms with E-state index in [9.17, 15) is 8.42 Å². The number of hydrogen-bond acceptors (Lipinski definition) is 5. The van der Waals surface area contributed by atoms with Crippen LogP contribution in [-0.4, -0.2) is 23.2 Å². The standard InChI is InChI=1S/C15H17N3O2S2/c1-10(2)18-7-6-12(17-18)9-22(19,20)15-16-13-8-11(3)4-5-14(13)21-15/h4-8,10H,9H2,1-3H3. The number of thiazole rings is 1. The number of rotatable bonds is 4. The molecule has 0 atom stereocenters. The lowest BCUT2D eigenvalue weighted by atomic mass is 10.2. The summed E-state index contributed by atoms with van der Waals surface area (Å²) in [6, 6.07) is 7.73. The van der Waals surface area contributed by atoms with Crippen molar-refractivity contribution in [2.24, 2.45) is 0 Å². The predicted octanol–water partition coefficient (Wildman–Crippen LogP) is 3.36. The molecular formula is C15H17N3O2S2. The van der Waals surface area contributed by atoms with Crippen molar-refractivity contribution in [3.8, 4) is 0 Å². The van der Waals surface area contributed by atoms with Crippen molar-refractivity contribution in [3.63, 3.8) is 0 Å². The molecule has 0 bridgehead atoms. The second-order valence-corrected chi connectivity index (χ2v) is 8.78. The molecule has 7 heteroatoms. The molecule has 0 N–H and O–H groups in total. The lowest BCUT2D eigenvalue weighted by molar-refractivity contribution is 0.527. The number of fused-ring (bicyclic) bond motifs is 1. The number of hydrogen-bond donors (Lipinski definition) is 0. The molecule has 0 aliphatic rings. The molecule has 0 radical (unpaired) electrons. The van der Waals surface area contributed by atoms with Gasteiger partial charge >= 0.3 is 0 Å². The number of aryl methyl sites for hydroxylation is 1. The van der Waals surface area contributed by atoms with Crippen molar-refractivity contribution in [3.05, 3.63) is 41.7 Å². The van der Waals surface area contributed by atoms with Crippen molar-refractivity contribution in [2.45, 2.75) is 36.9 Å². The molecule has 0 spiro atoms. The van der Waals surface area contributed by atoms with Gasteiger partial charge in [-0.15, -0.1) is 11.3 Å². The van der Waals surface area contributed by atoms with E-state index in [4.69, 9.17) is 0 Å². The Morgan fingerprint density at radius 1 is 1.27 bits per heavy atom. The molecule has 0 aliphatic carbocycles. The van der Waals surface area contributed by atoms with Crippen LogP contribution in [0.2, 0.25) is 0 Å². The Bertz CT molecular complexity index is 923. The monoisotopic (exact) mass is 335 g/mol. The van der Waals surface area contributed by atoms with Gasteiger partial charge in [0.25, 0.3) is 0 Å². The fourth-order valence-electron chi connectivity index (χ4n) is 2.15. The Hall–Kier alpha value is -1.73. The summed E-state index contributed by atoms with van der Waals surface area (Å²) in [7, 11) is -3.47. The molecule has 2 aromatic heterocycles. The van der Waals surface area contributed by atoms with Gasteiger partial charge in [-0.3, -0.25) is 4.68 Å². The van der Waals surface area contributed by atoms with Gasteiger partial charge in [-0.25, -0.2) is 13.4 Å². The van der Waals surface area contributed by atoms with E-state index in [2.05, 4.69) is 10.1 Å². The molecule has 2 heterocycles. The third kappa shape index (κ3) is 2.91. The van der Waals surface area contributed by atoms with Crippen molar-refractivity contribution >= 4 is 31.4 Å². The average Bonchev–Trinajstić information content (AvgIpc) is 3.04. The van der Waals surface area contributed by atoms with Crippen LogP contribution in [0.15, 0.2) is 34.8 Å². The second kappa shape index (κ2) is 5.48. The molecule has 5 nitrogen and oxygen atoms in total. The van der Waals surface area contributed by atoms with Crippen LogP contribution >= 0.6 is 11.3 Å². The molecule has 116 valence electrons. The summed E-state index contributed by atoms with van der Waals surface area (Å²) >= 11 is 1.21. The van der Waals surface area contributed by atoms with E-state index in [-0.39, 0.29) is 16.1 Å². The molecule has 22 heavy (non-hydrogen) atoms. The minimum absolute atomic E-state index is 0.120. The molecule has 1 aromatic carbocycles. The van der Waals surface area contributed by atoms with Gasteiger partial charge < -0.3 is 0 Å². The first-order valence-corrected chi connectivity index (χ1v) is 9.46. The summed E-state index contributed by atoms with van der Waals surface area (Å²) in [6.45, 7) is 5.97. The van der Waals surface area contributed by atoms with Crippen LogP contribution in [0.5, 0.6) is 0 Å². The highest BCUT2D eigenvalue weighted by atomic mass is 32.2. The van der Waals surface area contributed by atoms with Crippen molar-refractivity contribution < 1.29 is 8.42 Å². The molecule has 0 fully saturated rings. The van der Waals surface area contributed by atoms with Gasteiger partial charge in [0.05, 0.1) is 15.9 Å². The van der Waals surface area contributed by atoms with Gasteiger partial charge in [0.1, 0.15) is 5.75 Å². The van der Waals surface area contributed by atoms with Gasteiger partial charge in [-0.1, -0.05) is 6.07 Å². The third-order valence-corrected chi connectivity index (χ3v) is 6.46. The lowest BCUT2D eigenvalue weighted by Crippen LogP contribution is -2.07. The van der Waals surface area contributed by atoms with Crippen LogP contribution in [0, 0.1) is 6.92 Å². The van der Waals surface area contributed by atoms with E-state index in [1.807, 2.05) is 39.0 Å². The van der Waals surface area contributed by atoms with E-state index in [1.54, 1.807) is 16.9 Å². The van der Waals surface area contributed by atoms with Crippen LogP contribution in [0.4, 0.5) is 0 Å². The van der Waals surface area contributed by atoms with Crippen LogP contribution in [0.25, 0.3) is 10.2 Å². The summed E-state index contributed by atoms with van der Waals surface area (Å²) in [5, 5.41) is 4.30. The number of sulfone groups is 1. The van der Waals surface area contributed by atoms with E-state index in [0.717, 1.165) is 15.8 Å². The summed E-state index contributed by atoms with van der Waals surface area (Å²) in [5.41, 5.74) is 2.35. The van der Waals surface area contributed by atoms with Crippen molar-refractivity contribution in [2.75, 3.05) is 0 Å². The molecule has 3 rings (SSSR count). The Morgan fingerprint density at radius 3 is 2.73 bits per heavy atom. The first-order chi connectivity index (χ1) is 10.3. The number of aromatic nitrogens is 3. The van der Waals surface area contributed by atoms with E-state index in [1.165, 1.54) is 11.3 Å². The number of nitrogens with zero attached hydrogens (tertiary/aromatic N) is 3. The maximum absolute atomic E-state index is 12.5. The third-order valence-electron chi connectivity index (χ3n) is 3.32. The van der Waals surface area contributed by atoms with Gasteiger partial charge in [0, 0.05) is 12.2 Å². The molecule has 0 unspecified atom stereocenters. The first-order valence-electron chi connectivity index (χ1n) is 6.99. The van der Waals surface area contributed by atoms with Crippen molar-refractivity contribution in [1.29, 1.82) is 0 Å². The van der Waals surface area contributed by atoms with Crippen LogP contribution in [0.1, 0.15) is 31.1 Å². The largest absolute Gasteiger partial charge is 0.270 e. The minimum Gasteiger partial charge on any atom is -0.270 e. The summed E-state index contributed by atoms with van der Waals surface area (Å²) in [6.07, 6.45) is 1.80. The maximum Gasteiger partial charge on any atom is 0.211 e. The predicted molar refractivity (Wildman–Crippen MR) is 87.9 cm³/mol. The fourth-order valence-corrected chi connectivity index (χ4v) is 4.68. The highest BCUT2D eigenvalue weighted by Crippen LogP contribution is 2.28. The maximum atomic E-state index is 12.5. The second-order valence-electron chi connectivity index (χ2n) is 5.59. The van der Waals surface area contributed by atoms with Crippen LogP contribution < -0.4 is 0 Å². The lowest BCUT2D eigenvalue weighted by Gasteiger charge is -2.03. The average molecular weight is 335 g/mol. The highest BCUT2D eigenvalue weighted by molar-refractivity contribution is 7.92. The smallest absolute Gasteiger partial charge is 0.211 e. The van der Waals surface area contributed by atoms with Gasteiger partial charge in [-0.2, -0.15) is 5.10 Å². The highest BCUT2D eigenvalue weighted by Gasteiger charge is 2.22. The first kappa shape index (κ1) is 15.2. The van der Waals surface area contributed by atoms with Gasteiger partial charge in [-0.05, 0) is 44.5 Å². The fraction of sp³-hybridized carbons (Fsp3) is 0.333. The Kier molecular flexibility index (Phi) is 3.78. The van der Waals surface area contributed by atoms with E-state index in [0.29, 0.717) is 5.69 Å². The van der Waals surface area contributed by atoms with Crippen molar-refractivity contribution in [1.82, 2.24) is 14.8 Å². The minimum atomic E-state index is -3.47. The topological polar surface area (TPSA) is 64.8 Å². The summed E-state index contributed by atoms with van der Waals surface area (Å²) in [5.74, 6) is -0.120. The summed E-state index contributed by atoms with van der Waals surface area (Å²) < 4.78 is 27.9. The Morgan fingerprint density at radius 2 is 2.05 bits per heavy atom. The molecule has 0 aliphatic heterocycles. The number of benzene rings is 1. The van der Waals surface area contributed by atoms with Gasteiger partial charge in [0.15, 0.2) is 0 Å². The zero-order chi connectivity index (χ0) is 15.9. The Balaban J connectivity index is 1.93. The van der Waals surface area contributed by atoms with Gasteiger partial charge in [0.2, 0.25) is 14.2 Å². The van der Waals surface area contributed by atoms with E-state index < -0.39 is 9.84 Å². The Labute approximate surface area is 133 Å². The normalized spacial score (nSPS) is 12.4. The quantitative estimate of drug-likeness (QED) is 0.733. The molecule has 0 saturated heterocycles. The SMILES string of the molecule is Cc1ccc2sc(S(=O)(=O)Cc3ccn(C(C)C)n3)nc2c1. The summed E-state index contributed by atoms with van der Waals surface area (Å²) in [4.78, 5) is 4.28. The zero-order valence-corrected chi connectivity index (χ0v) is 14.3. The van der Waals surface area contributed by atoms with E-state index >= 15 is 0 Å². The molecule has 0 saturated carbocycles. The molecule has 0 amide bonds.